The summed E-state index contributed by atoms with van der Waals surface area (Å²) < 4.78 is 32.1. The molecule has 1 aromatic heterocycles. The van der Waals surface area contributed by atoms with Crippen molar-refractivity contribution < 1.29 is 17.7 Å². The summed E-state index contributed by atoms with van der Waals surface area (Å²) in [4.78, 5) is 19.8. The number of piperidine rings is 1. The van der Waals surface area contributed by atoms with Crippen LogP contribution < -0.4 is 5.32 Å². The van der Waals surface area contributed by atoms with Crippen molar-refractivity contribution in [3.8, 4) is 11.4 Å². The van der Waals surface area contributed by atoms with Crippen LogP contribution in [0.4, 0.5) is 5.69 Å². The van der Waals surface area contributed by atoms with Gasteiger partial charge in [-0.2, -0.15) is 9.29 Å². The molecule has 2 aromatic carbocycles. The number of benzene rings is 2. The second-order valence-electron chi connectivity index (χ2n) is 9.03. The zero-order valence-corrected chi connectivity index (χ0v) is 21.8. The standard InChI is InChI=1S/C26H33N5O4S/c1-4-31(5-2)36(33,34)23-12-10-22(11-13-23)27-26(32)21-14-16-30(17-15-21)18-24-28-25(29-35-24)20-8-6-19(3)7-9-20/h6-13,21H,4-5,14-18H2,1-3H3,(H,27,32). The van der Waals surface area contributed by atoms with Gasteiger partial charge in [0.15, 0.2) is 0 Å². The maximum atomic E-state index is 12.8. The summed E-state index contributed by atoms with van der Waals surface area (Å²) in [5, 5.41) is 7.03. The lowest BCUT2D eigenvalue weighted by molar-refractivity contribution is -0.121. The fourth-order valence-electron chi connectivity index (χ4n) is 4.35. The lowest BCUT2D eigenvalue weighted by Gasteiger charge is -2.30. The number of sulfonamides is 1. The van der Waals surface area contributed by atoms with E-state index < -0.39 is 10.0 Å². The van der Waals surface area contributed by atoms with E-state index in [0.717, 1.165) is 31.5 Å². The summed E-state index contributed by atoms with van der Waals surface area (Å²) in [7, 11) is -3.52. The quantitative estimate of drug-likeness (QED) is 0.464. The highest BCUT2D eigenvalue weighted by Gasteiger charge is 2.27. The molecule has 1 amide bonds. The number of nitrogens with zero attached hydrogens (tertiary/aromatic N) is 4. The third-order valence-corrected chi connectivity index (χ3v) is 8.62. The number of nitrogens with one attached hydrogen (secondary N) is 1. The lowest BCUT2D eigenvalue weighted by Crippen LogP contribution is -2.37. The molecule has 2 heterocycles. The second kappa shape index (κ2) is 11.3. The number of hydrogen-bond acceptors (Lipinski definition) is 7. The first kappa shape index (κ1) is 26.0. The summed E-state index contributed by atoms with van der Waals surface area (Å²) in [5.74, 6) is 0.989. The van der Waals surface area contributed by atoms with Crippen LogP contribution in [0.3, 0.4) is 0 Å². The fourth-order valence-corrected chi connectivity index (χ4v) is 5.81. The predicted molar refractivity (Wildman–Crippen MR) is 138 cm³/mol. The Hall–Kier alpha value is -3.08. The van der Waals surface area contributed by atoms with Crippen LogP contribution in [0.5, 0.6) is 0 Å². The van der Waals surface area contributed by atoms with E-state index in [1.54, 1.807) is 24.3 Å². The molecule has 1 aliphatic heterocycles. The van der Waals surface area contributed by atoms with Crippen molar-refractivity contribution in [1.82, 2.24) is 19.3 Å². The Morgan fingerprint density at radius 1 is 1.06 bits per heavy atom. The minimum absolute atomic E-state index is 0.0477. The average Bonchev–Trinajstić information content (AvgIpc) is 3.34. The molecule has 0 aliphatic carbocycles. The third-order valence-electron chi connectivity index (χ3n) is 6.56. The van der Waals surface area contributed by atoms with Gasteiger partial charge in [-0.15, -0.1) is 0 Å². The predicted octanol–water partition coefficient (Wildman–Crippen LogP) is 3.93. The molecular weight excluding hydrogens is 478 g/mol. The van der Waals surface area contributed by atoms with E-state index in [4.69, 9.17) is 4.52 Å². The first-order valence-corrected chi connectivity index (χ1v) is 13.8. The maximum absolute atomic E-state index is 12.8. The van der Waals surface area contributed by atoms with Crippen LogP contribution in [0.25, 0.3) is 11.4 Å². The van der Waals surface area contributed by atoms with Crippen LogP contribution in [0.15, 0.2) is 57.9 Å². The molecule has 36 heavy (non-hydrogen) atoms. The van der Waals surface area contributed by atoms with Gasteiger partial charge in [0.1, 0.15) is 0 Å². The number of anilines is 1. The number of likely N-dealkylation sites (tertiary alicyclic amines) is 1. The van der Waals surface area contributed by atoms with Crippen LogP contribution in [0.1, 0.15) is 38.1 Å². The fraction of sp³-hybridized carbons (Fsp3) is 0.423. The number of carbonyl (C=O) groups is 1. The Kier molecular flexibility index (Phi) is 8.17. The molecular formula is C26H33N5O4S. The highest BCUT2D eigenvalue weighted by molar-refractivity contribution is 7.89. The van der Waals surface area contributed by atoms with Gasteiger partial charge in [-0.25, -0.2) is 8.42 Å². The summed E-state index contributed by atoms with van der Waals surface area (Å²) in [6.45, 7) is 8.54. The third kappa shape index (κ3) is 6.00. The molecule has 10 heteroatoms. The van der Waals surface area contributed by atoms with E-state index >= 15 is 0 Å². The minimum Gasteiger partial charge on any atom is -0.338 e. The van der Waals surface area contributed by atoms with Crippen molar-refractivity contribution in [2.75, 3.05) is 31.5 Å². The van der Waals surface area contributed by atoms with Gasteiger partial charge in [-0.3, -0.25) is 9.69 Å². The summed E-state index contributed by atoms with van der Waals surface area (Å²) >= 11 is 0. The number of hydrogen-bond donors (Lipinski definition) is 1. The van der Waals surface area contributed by atoms with Crippen LogP contribution in [0, 0.1) is 12.8 Å². The van der Waals surface area contributed by atoms with Crippen molar-refractivity contribution in [1.29, 1.82) is 0 Å². The zero-order valence-electron chi connectivity index (χ0n) is 21.0. The summed E-state index contributed by atoms with van der Waals surface area (Å²) in [6, 6.07) is 14.4. The molecule has 9 nitrogen and oxygen atoms in total. The van der Waals surface area contributed by atoms with Crippen LogP contribution in [-0.2, 0) is 21.4 Å². The molecule has 1 saturated heterocycles. The van der Waals surface area contributed by atoms with E-state index in [2.05, 4.69) is 20.4 Å². The molecule has 0 saturated carbocycles. The second-order valence-corrected chi connectivity index (χ2v) is 11.0. The SMILES string of the molecule is CCN(CC)S(=O)(=O)c1ccc(NC(=O)C2CCN(Cc3nc(-c4ccc(C)cc4)no3)CC2)cc1. The van der Waals surface area contributed by atoms with Gasteiger partial charge in [0.05, 0.1) is 11.4 Å². The van der Waals surface area contributed by atoms with E-state index in [1.807, 2.05) is 45.0 Å². The lowest BCUT2D eigenvalue weighted by atomic mass is 9.96. The van der Waals surface area contributed by atoms with Crippen molar-refractivity contribution in [2.24, 2.45) is 5.92 Å². The Morgan fingerprint density at radius 2 is 1.69 bits per heavy atom. The number of aryl methyl sites for hydroxylation is 1. The van der Waals surface area contributed by atoms with Gasteiger partial charge in [0.2, 0.25) is 27.6 Å². The van der Waals surface area contributed by atoms with Crippen molar-refractivity contribution in [2.45, 2.75) is 45.1 Å². The molecule has 0 radical (unpaired) electrons. The highest BCUT2D eigenvalue weighted by atomic mass is 32.2. The number of aromatic nitrogens is 2. The molecule has 4 rings (SSSR count). The Balaban J connectivity index is 1.27. The zero-order chi connectivity index (χ0) is 25.7. The molecule has 0 spiro atoms. The molecule has 1 fully saturated rings. The summed E-state index contributed by atoms with van der Waals surface area (Å²) in [5.41, 5.74) is 2.69. The van der Waals surface area contributed by atoms with Gasteiger partial charge >= 0.3 is 0 Å². The normalized spacial score (nSPS) is 15.3. The van der Waals surface area contributed by atoms with E-state index in [0.29, 0.717) is 37.0 Å². The summed E-state index contributed by atoms with van der Waals surface area (Å²) in [6.07, 6.45) is 1.44. The Morgan fingerprint density at radius 3 is 2.31 bits per heavy atom. The molecule has 0 atom stereocenters. The molecule has 0 unspecified atom stereocenters. The van der Waals surface area contributed by atoms with Gasteiger partial charge in [0, 0.05) is 30.3 Å². The highest BCUT2D eigenvalue weighted by Crippen LogP contribution is 2.23. The number of amides is 1. The number of carbonyl (C=O) groups excluding carboxylic acids is 1. The van der Waals surface area contributed by atoms with Gasteiger partial charge in [-0.1, -0.05) is 48.8 Å². The van der Waals surface area contributed by atoms with E-state index in [1.165, 1.54) is 9.87 Å². The largest absolute Gasteiger partial charge is 0.338 e. The van der Waals surface area contributed by atoms with E-state index in [9.17, 15) is 13.2 Å². The van der Waals surface area contributed by atoms with Crippen molar-refractivity contribution in [3.63, 3.8) is 0 Å². The van der Waals surface area contributed by atoms with Gasteiger partial charge < -0.3 is 9.84 Å². The molecule has 1 N–H and O–H groups in total. The maximum Gasteiger partial charge on any atom is 0.243 e. The number of rotatable bonds is 9. The monoisotopic (exact) mass is 511 g/mol. The van der Waals surface area contributed by atoms with Crippen molar-refractivity contribution >= 4 is 21.6 Å². The molecule has 3 aromatic rings. The molecule has 1 aliphatic rings. The molecule has 0 bridgehead atoms. The van der Waals surface area contributed by atoms with E-state index in [-0.39, 0.29) is 16.7 Å². The van der Waals surface area contributed by atoms with Crippen LogP contribution in [-0.4, -0.2) is 59.8 Å². The van der Waals surface area contributed by atoms with Crippen LogP contribution >= 0.6 is 0 Å². The van der Waals surface area contributed by atoms with Gasteiger partial charge in [-0.05, 0) is 57.1 Å². The Bertz CT molecular complexity index is 1260. The Labute approximate surface area is 212 Å². The molecule has 192 valence electrons. The van der Waals surface area contributed by atoms with Crippen molar-refractivity contribution in [3.05, 3.63) is 60.0 Å². The van der Waals surface area contributed by atoms with Gasteiger partial charge in [0.25, 0.3) is 0 Å². The topological polar surface area (TPSA) is 109 Å². The van der Waals surface area contributed by atoms with Crippen LogP contribution in [0.2, 0.25) is 0 Å². The smallest absolute Gasteiger partial charge is 0.243 e. The first-order chi connectivity index (χ1) is 17.3. The minimum atomic E-state index is -3.52. The first-order valence-electron chi connectivity index (χ1n) is 12.3. The average molecular weight is 512 g/mol.